The summed E-state index contributed by atoms with van der Waals surface area (Å²) in [7, 11) is 4.06. The van der Waals surface area contributed by atoms with Crippen LogP contribution in [0.15, 0.2) is 4.99 Å². The minimum Gasteiger partial charge on any atom is -0.356 e. The van der Waals surface area contributed by atoms with E-state index in [0.717, 1.165) is 19.0 Å². The van der Waals surface area contributed by atoms with Crippen LogP contribution in [0.1, 0.15) is 25.7 Å². The van der Waals surface area contributed by atoms with Gasteiger partial charge in [0.1, 0.15) is 0 Å². The largest absolute Gasteiger partial charge is 0.356 e. The molecule has 1 heterocycles. The first-order valence-electron chi connectivity index (χ1n) is 8.60. The number of piperazine rings is 1. The number of nitrogens with zero attached hydrogens (tertiary/aromatic N) is 3. The Morgan fingerprint density at radius 1 is 1.00 bits per heavy atom. The van der Waals surface area contributed by atoms with Crippen molar-refractivity contribution in [3.8, 4) is 0 Å². The number of aliphatic imine (C=N–C) groups is 1. The van der Waals surface area contributed by atoms with E-state index in [0.29, 0.717) is 0 Å². The first kappa shape index (κ1) is 19.6. The molecule has 1 saturated heterocycles. The van der Waals surface area contributed by atoms with Gasteiger partial charge in [0, 0.05) is 46.3 Å². The highest BCUT2D eigenvalue weighted by atomic mass is 32.2. The fourth-order valence-corrected chi connectivity index (χ4v) is 3.03. The smallest absolute Gasteiger partial charge is 0.190 e. The Morgan fingerprint density at radius 2 is 1.64 bits per heavy atom. The monoisotopic (exact) mass is 329 g/mol. The number of hydrogen-bond acceptors (Lipinski definition) is 4. The van der Waals surface area contributed by atoms with Gasteiger partial charge in [-0.2, -0.15) is 11.8 Å². The normalized spacial score (nSPS) is 17.7. The minimum absolute atomic E-state index is 0.948. The second-order valence-electron chi connectivity index (χ2n) is 5.98. The molecule has 2 N–H and O–H groups in total. The number of nitrogens with one attached hydrogen (secondary N) is 2. The summed E-state index contributed by atoms with van der Waals surface area (Å²) in [5, 5.41) is 6.80. The molecule has 1 fully saturated rings. The summed E-state index contributed by atoms with van der Waals surface area (Å²) in [6.07, 6.45) is 7.12. The van der Waals surface area contributed by atoms with Crippen LogP contribution in [0.2, 0.25) is 0 Å². The third-order valence-electron chi connectivity index (χ3n) is 4.08. The Morgan fingerprint density at radius 3 is 2.23 bits per heavy atom. The van der Waals surface area contributed by atoms with E-state index in [2.05, 4.69) is 38.7 Å². The fourth-order valence-electron chi connectivity index (χ4n) is 2.54. The Labute approximate surface area is 141 Å². The van der Waals surface area contributed by atoms with Crippen molar-refractivity contribution in [2.24, 2.45) is 4.99 Å². The first-order valence-corrected chi connectivity index (χ1v) is 10.00. The fraction of sp³-hybridized carbons (Fsp3) is 0.938. The molecule has 5 nitrogen and oxygen atoms in total. The van der Waals surface area contributed by atoms with Gasteiger partial charge in [-0.05, 0) is 51.3 Å². The van der Waals surface area contributed by atoms with Gasteiger partial charge in [0.15, 0.2) is 5.96 Å². The molecule has 0 bridgehead atoms. The summed E-state index contributed by atoms with van der Waals surface area (Å²) in [5.41, 5.74) is 0. The van der Waals surface area contributed by atoms with Gasteiger partial charge in [-0.15, -0.1) is 0 Å². The van der Waals surface area contributed by atoms with Crippen molar-refractivity contribution < 1.29 is 0 Å². The van der Waals surface area contributed by atoms with E-state index in [1.54, 1.807) is 0 Å². The summed E-state index contributed by atoms with van der Waals surface area (Å²) in [6.45, 7) is 8.14. The van der Waals surface area contributed by atoms with E-state index in [1.807, 2.05) is 18.8 Å². The summed E-state index contributed by atoms with van der Waals surface area (Å²) in [5.74, 6) is 2.20. The zero-order chi connectivity index (χ0) is 16.0. The molecule has 0 saturated carbocycles. The van der Waals surface area contributed by atoms with Crippen LogP contribution in [-0.4, -0.2) is 87.7 Å². The summed E-state index contributed by atoms with van der Waals surface area (Å²) in [4.78, 5) is 9.27. The third kappa shape index (κ3) is 9.54. The van der Waals surface area contributed by atoms with Crippen LogP contribution < -0.4 is 10.6 Å². The van der Waals surface area contributed by atoms with Gasteiger partial charge in [-0.3, -0.25) is 4.99 Å². The Hall–Kier alpha value is -0.460. The van der Waals surface area contributed by atoms with E-state index in [4.69, 9.17) is 0 Å². The lowest BCUT2D eigenvalue weighted by Gasteiger charge is -2.32. The third-order valence-corrected chi connectivity index (χ3v) is 4.78. The van der Waals surface area contributed by atoms with Gasteiger partial charge in [0.25, 0.3) is 0 Å². The molecule has 0 aromatic carbocycles. The highest BCUT2D eigenvalue weighted by Gasteiger charge is 2.12. The molecule has 0 aliphatic carbocycles. The molecular weight excluding hydrogens is 294 g/mol. The second-order valence-corrected chi connectivity index (χ2v) is 6.96. The summed E-state index contributed by atoms with van der Waals surface area (Å²) < 4.78 is 0. The lowest BCUT2D eigenvalue weighted by molar-refractivity contribution is 0.152. The molecule has 0 aromatic rings. The standard InChI is InChI=1S/C16H35N5S/c1-17-16(19-9-5-7-15-22-3)18-8-4-6-10-21-13-11-20(2)12-14-21/h4-15H2,1-3H3,(H2,17,18,19). The number of thioether (sulfide) groups is 1. The average Bonchev–Trinajstić information content (AvgIpc) is 2.54. The lowest BCUT2D eigenvalue weighted by atomic mass is 10.2. The molecule has 0 radical (unpaired) electrons. The van der Waals surface area contributed by atoms with Crippen LogP contribution in [0.4, 0.5) is 0 Å². The van der Waals surface area contributed by atoms with E-state index in [-0.39, 0.29) is 0 Å². The SMILES string of the molecule is CN=C(NCCCCSC)NCCCCN1CCN(C)CC1. The molecule has 1 aliphatic rings. The molecule has 1 aliphatic heterocycles. The molecule has 0 spiro atoms. The zero-order valence-electron chi connectivity index (χ0n) is 14.7. The van der Waals surface area contributed by atoms with Gasteiger partial charge >= 0.3 is 0 Å². The molecule has 6 heteroatoms. The quantitative estimate of drug-likeness (QED) is 0.359. The Balaban J connectivity index is 1.95. The topological polar surface area (TPSA) is 42.9 Å². The maximum absolute atomic E-state index is 4.27. The minimum atomic E-state index is 0.948. The van der Waals surface area contributed by atoms with Crippen molar-refractivity contribution in [3.63, 3.8) is 0 Å². The van der Waals surface area contributed by atoms with Gasteiger partial charge in [0.05, 0.1) is 0 Å². The van der Waals surface area contributed by atoms with Crippen molar-refractivity contribution in [2.75, 3.05) is 71.9 Å². The van der Waals surface area contributed by atoms with E-state index in [1.165, 1.54) is 64.2 Å². The number of likely N-dealkylation sites (N-methyl/N-ethyl adjacent to an activating group) is 1. The predicted octanol–water partition coefficient (Wildman–Crippen LogP) is 1.32. The van der Waals surface area contributed by atoms with Gasteiger partial charge in [-0.1, -0.05) is 0 Å². The molecule has 22 heavy (non-hydrogen) atoms. The van der Waals surface area contributed by atoms with Crippen molar-refractivity contribution in [3.05, 3.63) is 0 Å². The van der Waals surface area contributed by atoms with E-state index < -0.39 is 0 Å². The van der Waals surface area contributed by atoms with Crippen LogP contribution >= 0.6 is 11.8 Å². The average molecular weight is 330 g/mol. The Bertz CT molecular complexity index is 290. The molecule has 130 valence electrons. The molecule has 1 rings (SSSR count). The summed E-state index contributed by atoms with van der Waals surface area (Å²) >= 11 is 1.92. The van der Waals surface area contributed by atoms with Crippen molar-refractivity contribution in [1.29, 1.82) is 0 Å². The maximum atomic E-state index is 4.27. The van der Waals surface area contributed by atoms with Crippen molar-refractivity contribution in [1.82, 2.24) is 20.4 Å². The Kier molecular flexibility index (Phi) is 11.6. The first-order chi connectivity index (χ1) is 10.8. The molecule has 0 aromatic heterocycles. The van der Waals surface area contributed by atoms with Crippen molar-refractivity contribution >= 4 is 17.7 Å². The van der Waals surface area contributed by atoms with Crippen LogP contribution in [0.5, 0.6) is 0 Å². The predicted molar refractivity (Wildman–Crippen MR) is 100 cm³/mol. The zero-order valence-corrected chi connectivity index (χ0v) is 15.6. The van der Waals surface area contributed by atoms with Gasteiger partial charge in [0.2, 0.25) is 0 Å². The molecule has 0 amide bonds. The number of rotatable bonds is 10. The summed E-state index contributed by atoms with van der Waals surface area (Å²) in [6, 6.07) is 0. The molecular formula is C16H35N5S. The van der Waals surface area contributed by atoms with E-state index in [9.17, 15) is 0 Å². The molecule has 0 atom stereocenters. The lowest BCUT2D eigenvalue weighted by Crippen LogP contribution is -2.44. The second kappa shape index (κ2) is 13.0. The number of guanidine groups is 1. The van der Waals surface area contributed by atoms with Crippen LogP contribution in [0.3, 0.4) is 0 Å². The van der Waals surface area contributed by atoms with Crippen LogP contribution in [0.25, 0.3) is 0 Å². The van der Waals surface area contributed by atoms with E-state index >= 15 is 0 Å². The maximum Gasteiger partial charge on any atom is 0.190 e. The van der Waals surface area contributed by atoms with Gasteiger partial charge in [-0.25, -0.2) is 0 Å². The molecule has 0 unspecified atom stereocenters. The number of hydrogen-bond donors (Lipinski definition) is 2. The van der Waals surface area contributed by atoms with Crippen molar-refractivity contribution in [2.45, 2.75) is 25.7 Å². The highest BCUT2D eigenvalue weighted by Crippen LogP contribution is 2.01. The van der Waals surface area contributed by atoms with Gasteiger partial charge < -0.3 is 20.4 Å². The number of unbranched alkanes of at least 4 members (excludes halogenated alkanes) is 2. The van der Waals surface area contributed by atoms with Crippen LogP contribution in [-0.2, 0) is 0 Å². The highest BCUT2D eigenvalue weighted by molar-refractivity contribution is 7.98. The van der Waals surface area contributed by atoms with Crippen LogP contribution in [0, 0.1) is 0 Å².